The van der Waals surface area contributed by atoms with Gasteiger partial charge in [0.1, 0.15) is 11.2 Å². The van der Waals surface area contributed by atoms with Gasteiger partial charge in [0.25, 0.3) is 0 Å². The molecule has 0 fully saturated rings. The lowest BCUT2D eigenvalue weighted by molar-refractivity contribution is -0.143. The van der Waals surface area contributed by atoms with Crippen molar-refractivity contribution in [1.29, 1.82) is 0 Å². The lowest BCUT2D eigenvalue weighted by Gasteiger charge is -2.28. The van der Waals surface area contributed by atoms with Crippen LogP contribution in [0.1, 0.15) is 11.1 Å². The second-order valence-corrected chi connectivity index (χ2v) is 4.24. The summed E-state index contributed by atoms with van der Waals surface area (Å²) in [6.45, 7) is -0.599. The molecule has 2 N–H and O–H groups in total. The van der Waals surface area contributed by atoms with Crippen LogP contribution in [0.4, 0.5) is 4.39 Å². The Kier molecular flexibility index (Phi) is 3.62. The summed E-state index contributed by atoms with van der Waals surface area (Å²) in [6, 6.07) is 13.6. The van der Waals surface area contributed by atoms with Crippen LogP contribution in [-0.2, 0) is 10.2 Å². The highest BCUT2D eigenvalue weighted by atomic mass is 19.1. The number of aliphatic hydroxyl groups is 1. The van der Waals surface area contributed by atoms with E-state index >= 15 is 0 Å². The molecule has 0 saturated heterocycles. The molecule has 0 bridgehead atoms. The highest BCUT2D eigenvalue weighted by Crippen LogP contribution is 2.32. The summed E-state index contributed by atoms with van der Waals surface area (Å²) in [5.74, 6) is -1.62. The molecule has 0 amide bonds. The number of hydrogen-bond donors (Lipinski definition) is 2. The number of carboxylic acids is 1. The van der Waals surface area contributed by atoms with Gasteiger partial charge >= 0.3 is 5.97 Å². The van der Waals surface area contributed by atoms with Crippen LogP contribution in [0.3, 0.4) is 0 Å². The molecule has 2 rings (SSSR count). The van der Waals surface area contributed by atoms with Gasteiger partial charge in [0.15, 0.2) is 0 Å². The number of aliphatic hydroxyl groups excluding tert-OH is 1. The minimum Gasteiger partial charge on any atom is -0.480 e. The zero-order chi connectivity index (χ0) is 13.9. The van der Waals surface area contributed by atoms with Gasteiger partial charge in [-0.25, -0.2) is 4.39 Å². The topological polar surface area (TPSA) is 57.5 Å². The van der Waals surface area contributed by atoms with E-state index in [1.165, 1.54) is 24.3 Å². The zero-order valence-electron chi connectivity index (χ0n) is 10.1. The predicted octanol–water partition coefficient (Wildman–Crippen LogP) is 2.19. The Bertz CT molecular complexity index is 566. The fraction of sp³-hybridized carbons (Fsp3) is 0.133. The van der Waals surface area contributed by atoms with Crippen LogP contribution in [0.25, 0.3) is 0 Å². The summed E-state index contributed by atoms with van der Waals surface area (Å²) >= 11 is 0. The fourth-order valence-corrected chi connectivity index (χ4v) is 2.12. The Morgan fingerprint density at radius 1 is 1.00 bits per heavy atom. The number of carboxylic acid groups (broad SMARTS) is 1. The number of rotatable bonds is 4. The van der Waals surface area contributed by atoms with Gasteiger partial charge in [-0.1, -0.05) is 42.5 Å². The molecule has 3 nitrogen and oxygen atoms in total. The first kappa shape index (κ1) is 13.2. The summed E-state index contributed by atoms with van der Waals surface area (Å²) in [6.07, 6.45) is 0. The summed E-state index contributed by atoms with van der Waals surface area (Å²) in [5.41, 5.74) is -0.777. The molecule has 0 saturated carbocycles. The van der Waals surface area contributed by atoms with Gasteiger partial charge in [0.05, 0.1) is 6.61 Å². The molecule has 0 spiro atoms. The van der Waals surface area contributed by atoms with E-state index < -0.39 is 23.8 Å². The quantitative estimate of drug-likeness (QED) is 0.886. The zero-order valence-corrected chi connectivity index (χ0v) is 10.1. The summed E-state index contributed by atoms with van der Waals surface area (Å²) in [5, 5.41) is 19.2. The Morgan fingerprint density at radius 2 is 1.53 bits per heavy atom. The third kappa shape index (κ3) is 2.22. The fourth-order valence-electron chi connectivity index (χ4n) is 2.12. The Balaban J connectivity index is 2.64. The largest absolute Gasteiger partial charge is 0.480 e. The van der Waals surface area contributed by atoms with Gasteiger partial charge in [0.2, 0.25) is 0 Å². The molecule has 0 aliphatic heterocycles. The first-order valence-corrected chi connectivity index (χ1v) is 5.77. The maximum Gasteiger partial charge on any atom is 0.321 e. The normalized spacial score (nSPS) is 13.8. The van der Waals surface area contributed by atoms with Crippen molar-refractivity contribution in [1.82, 2.24) is 0 Å². The second-order valence-electron chi connectivity index (χ2n) is 4.24. The van der Waals surface area contributed by atoms with E-state index in [1.807, 2.05) is 0 Å². The van der Waals surface area contributed by atoms with Crippen LogP contribution in [0.2, 0.25) is 0 Å². The molecule has 0 radical (unpaired) electrons. The lowest BCUT2D eigenvalue weighted by atomic mass is 9.75. The molecular weight excluding hydrogens is 247 g/mol. The van der Waals surface area contributed by atoms with Crippen LogP contribution in [0, 0.1) is 5.82 Å². The van der Waals surface area contributed by atoms with E-state index in [4.69, 9.17) is 0 Å². The van der Waals surface area contributed by atoms with Gasteiger partial charge in [0, 0.05) is 0 Å². The SMILES string of the molecule is O=C(O)C(CO)(c1ccccc1)c1ccc(F)cc1. The van der Waals surface area contributed by atoms with Crippen molar-refractivity contribution >= 4 is 5.97 Å². The summed E-state index contributed by atoms with van der Waals surface area (Å²) in [4.78, 5) is 11.7. The van der Waals surface area contributed by atoms with Gasteiger partial charge < -0.3 is 10.2 Å². The molecule has 1 atom stereocenters. The maximum absolute atomic E-state index is 13.0. The third-order valence-electron chi connectivity index (χ3n) is 3.21. The molecule has 2 aromatic carbocycles. The van der Waals surface area contributed by atoms with Crippen molar-refractivity contribution in [2.75, 3.05) is 6.61 Å². The number of carbonyl (C=O) groups is 1. The van der Waals surface area contributed by atoms with Gasteiger partial charge in [-0.05, 0) is 23.3 Å². The predicted molar refractivity (Wildman–Crippen MR) is 68.3 cm³/mol. The summed E-state index contributed by atoms with van der Waals surface area (Å²) in [7, 11) is 0. The minimum atomic E-state index is -1.57. The first-order valence-electron chi connectivity index (χ1n) is 5.77. The van der Waals surface area contributed by atoms with Crippen molar-refractivity contribution in [3.63, 3.8) is 0 Å². The Hall–Kier alpha value is -2.20. The van der Waals surface area contributed by atoms with Gasteiger partial charge in [-0.2, -0.15) is 0 Å². The average Bonchev–Trinajstić information content (AvgIpc) is 2.43. The number of aliphatic carboxylic acids is 1. The van der Waals surface area contributed by atoms with E-state index in [9.17, 15) is 19.4 Å². The van der Waals surface area contributed by atoms with Gasteiger partial charge in [-0.3, -0.25) is 4.79 Å². The molecule has 4 heteroatoms. The van der Waals surface area contributed by atoms with Crippen molar-refractivity contribution in [3.8, 4) is 0 Å². The lowest BCUT2D eigenvalue weighted by Crippen LogP contribution is -2.40. The number of benzene rings is 2. The first-order chi connectivity index (χ1) is 9.11. The molecule has 19 heavy (non-hydrogen) atoms. The average molecular weight is 260 g/mol. The monoisotopic (exact) mass is 260 g/mol. The highest BCUT2D eigenvalue weighted by Gasteiger charge is 2.41. The highest BCUT2D eigenvalue weighted by molar-refractivity contribution is 5.86. The Labute approximate surface area is 109 Å². The third-order valence-corrected chi connectivity index (χ3v) is 3.21. The summed E-state index contributed by atoms with van der Waals surface area (Å²) < 4.78 is 13.0. The van der Waals surface area contributed by atoms with E-state index in [0.717, 1.165) is 0 Å². The van der Waals surface area contributed by atoms with Crippen LogP contribution < -0.4 is 0 Å². The van der Waals surface area contributed by atoms with E-state index in [1.54, 1.807) is 30.3 Å². The van der Waals surface area contributed by atoms with Crippen molar-refractivity contribution in [2.24, 2.45) is 0 Å². The van der Waals surface area contributed by atoms with E-state index in [0.29, 0.717) is 11.1 Å². The molecule has 1 unspecified atom stereocenters. The molecule has 0 aliphatic carbocycles. The van der Waals surface area contributed by atoms with Crippen LogP contribution >= 0.6 is 0 Å². The Morgan fingerprint density at radius 3 is 2.00 bits per heavy atom. The van der Waals surface area contributed by atoms with Crippen molar-refractivity contribution in [2.45, 2.75) is 5.41 Å². The van der Waals surface area contributed by atoms with Crippen LogP contribution in [0.15, 0.2) is 54.6 Å². The van der Waals surface area contributed by atoms with Crippen molar-refractivity contribution in [3.05, 3.63) is 71.5 Å². The van der Waals surface area contributed by atoms with Gasteiger partial charge in [-0.15, -0.1) is 0 Å². The standard InChI is InChI=1S/C15H13FO3/c16-13-8-6-12(7-9-13)15(10-17,14(18)19)11-4-2-1-3-5-11/h1-9,17H,10H2,(H,18,19). The molecule has 0 heterocycles. The maximum atomic E-state index is 13.0. The molecule has 2 aromatic rings. The van der Waals surface area contributed by atoms with E-state index in [-0.39, 0.29) is 0 Å². The second kappa shape index (κ2) is 5.20. The molecule has 98 valence electrons. The van der Waals surface area contributed by atoms with E-state index in [2.05, 4.69) is 0 Å². The smallest absolute Gasteiger partial charge is 0.321 e. The molecule has 0 aromatic heterocycles. The molecular formula is C15H13FO3. The number of halogens is 1. The van der Waals surface area contributed by atoms with Crippen LogP contribution in [-0.4, -0.2) is 22.8 Å². The van der Waals surface area contributed by atoms with Crippen LogP contribution in [0.5, 0.6) is 0 Å². The molecule has 0 aliphatic rings. The number of hydrogen-bond acceptors (Lipinski definition) is 2. The van der Waals surface area contributed by atoms with Crippen molar-refractivity contribution < 1.29 is 19.4 Å². The minimum absolute atomic E-state index is 0.343.